The van der Waals surface area contributed by atoms with Gasteiger partial charge in [-0.3, -0.25) is 4.79 Å². The van der Waals surface area contributed by atoms with Crippen LogP contribution in [0.2, 0.25) is 0 Å². The van der Waals surface area contributed by atoms with Gasteiger partial charge < -0.3 is 14.5 Å². The van der Waals surface area contributed by atoms with Crippen molar-refractivity contribution in [3.63, 3.8) is 0 Å². The van der Waals surface area contributed by atoms with Gasteiger partial charge in [-0.15, -0.1) is 11.3 Å². The summed E-state index contributed by atoms with van der Waals surface area (Å²) in [6.45, 7) is 4.82. The molecule has 0 saturated carbocycles. The molecule has 7 nitrogen and oxygen atoms in total. The standard InChI is InChI=1S/C18H19N5O2S/c1-12-21-16(10-26-12)18(24)23-7-5-22(6-8-23)13-3-4-15-14(9-13)17(25-2)20-11-19-15/h3-4,9-11H,5-8H2,1-2H3. The Morgan fingerprint density at radius 2 is 2.00 bits per heavy atom. The van der Waals surface area contributed by atoms with Gasteiger partial charge in [-0.2, -0.15) is 0 Å². The first kappa shape index (κ1) is 16.7. The molecule has 8 heteroatoms. The Hall–Kier alpha value is -2.74. The Bertz CT molecular complexity index is 950. The molecule has 26 heavy (non-hydrogen) atoms. The van der Waals surface area contributed by atoms with Gasteiger partial charge in [-0.25, -0.2) is 15.0 Å². The summed E-state index contributed by atoms with van der Waals surface area (Å²) in [7, 11) is 1.61. The summed E-state index contributed by atoms with van der Waals surface area (Å²) in [6.07, 6.45) is 1.51. The average Bonchev–Trinajstić information content (AvgIpc) is 3.13. The van der Waals surface area contributed by atoms with Crippen LogP contribution >= 0.6 is 11.3 Å². The van der Waals surface area contributed by atoms with Crippen LogP contribution < -0.4 is 9.64 Å². The fourth-order valence-electron chi connectivity index (χ4n) is 3.17. The van der Waals surface area contributed by atoms with Gasteiger partial charge in [0.2, 0.25) is 5.88 Å². The van der Waals surface area contributed by atoms with Crippen molar-refractivity contribution >= 4 is 33.8 Å². The summed E-state index contributed by atoms with van der Waals surface area (Å²) >= 11 is 1.51. The molecule has 0 N–H and O–H groups in total. The Labute approximate surface area is 155 Å². The highest BCUT2D eigenvalue weighted by Gasteiger charge is 2.24. The first-order chi connectivity index (χ1) is 12.7. The lowest BCUT2D eigenvalue weighted by Crippen LogP contribution is -2.48. The number of rotatable bonds is 3. The monoisotopic (exact) mass is 369 g/mol. The smallest absolute Gasteiger partial charge is 0.273 e. The van der Waals surface area contributed by atoms with Crippen molar-refractivity contribution in [3.8, 4) is 5.88 Å². The molecule has 1 aromatic carbocycles. The number of carbonyl (C=O) groups excluding carboxylic acids is 1. The molecule has 4 rings (SSSR count). The molecule has 0 bridgehead atoms. The summed E-state index contributed by atoms with van der Waals surface area (Å²) in [5.41, 5.74) is 2.49. The first-order valence-electron chi connectivity index (χ1n) is 8.41. The third-order valence-electron chi connectivity index (χ3n) is 4.55. The van der Waals surface area contributed by atoms with E-state index in [2.05, 4.69) is 32.0 Å². The van der Waals surface area contributed by atoms with E-state index < -0.39 is 0 Å². The molecule has 0 aliphatic carbocycles. The molecule has 2 aromatic heterocycles. The van der Waals surface area contributed by atoms with Gasteiger partial charge in [0.15, 0.2) is 0 Å². The van der Waals surface area contributed by atoms with Crippen LogP contribution in [0.5, 0.6) is 5.88 Å². The van der Waals surface area contributed by atoms with E-state index >= 15 is 0 Å². The van der Waals surface area contributed by atoms with Crippen molar-refractivity contribution in [1.29, 1.82) is 0 Å². The molecular formula is C18H19N5O2S. The van der Waals surface area contributed by atoms with Crippen LogP contribution in [-0.2, 0) is 0 Å². The zero-order chi connectivity index (χ0) is 18.1. The van der Waals surface area contributed by atoms with Gasteiger partial charge in [-0.05, 0) is 25.1 Å². The molecule has 0 radical (unpaired) electrons. The van der Waals surface area contributed by atoms with Crippen molar-refractivity contribution in [2.45, 2.75) is 6.92 Å². The van der Waals surface area contributed by atoms with E-state index in [1.807, 2.05) is 23.3 Å². The van der Waals surface area contributed by atoms with Crippen LogP contribution in [0.25, 0.3) is 10.9 Å². The minimum atomic E-state index is 0.0163. The predicted octanol–water partition coefficient (Wildman–Crippen LogP) is 2.37. The number of aromatic nitrogens is 3. The van der Waals surface area contributed by atoms with E-state index in [9.17, 15) is 4.79 Å². The molecule has 1 saturated heterocycles. The number of nitrogens with zero attached hydrogens (tertiary/aromatic N) is 5. The van der Waals surface area contributed by atoms with Crippen molar-refractivity contribution in [3.05, 3.63) is 40.6 Å². The minimum absolute atomic E-state index is 0.0163. The number of amides is 1. The van der Waals surface area contributed by atoms with Crippen molar-refractivity contribution in [1.82, 2.24) is 19.9 Å². The maximum absolute atomic E-state index is 12.5. The van der Waals surface area contributed by atoms with Crippen LogP contribution in [0.3, 0.4) is 0 Å². The summed E-state index contributed by atoms with van der Waals surface area (Å²) < 4.78 is 5.34. The van der Waals surface area contributed by atoms with E-state index in [0.29, 0.717) is 24.7 Å². The number of hydrogen-bond donors (Lipinski definition) is 0. The van der Waals surface area contributed by atoms with Crippen molar-refractivity contribution in [2.24, 2.45) is 0 Å². The maximum atomic E-state index is 12.5. The minimum Gasteiger partial charge on any atom is -0.480 e. The Morgan fingerprint density at radius 3 is 2.69 bits per heavy atom. The third kappa shape index (κ3) is 3.08. The number of piperazine rings is 1. The molecule has 0 unspecified atom stereocenters. The van der Waals surface area contributed by atoms with Crippen LogP contribution in [-0.4, -0.2) is 59.0 Å². The second kappa shape index (κ2) is 6.87. The number of carbonyl (C=O) groups is 1. The van der Waals surface area contributed by atoms with Gasteiger partial charge in [-0.1, -0.05) is 0 Å². The molecule has 3 aromatic rings. The summed E-state index contributed by atoms with van der Waals surface area (Å²) in [6, 6.07) is 6.08. The topological polar surface area (TPSA) is 71.5 Å². The van der Waals surface area contributed by atoms with Gasteiger partial charge in [0.05, 0.1) is 23.0 Å². The number of aryl methyl sites for hydroxylation is 1. The highest BCUT2D eigenvalue weighted by Crippen LogP contribution is 2.27. The summed E-state index contributed by atoms with van der Waals surface area (Å²) in [5.74, 6) is 0.590. The SMILES string of the molecule is COc1ncnc2ccc(N3CCN(C(=O)c4csc(C)n4)CC3)cc12. The van der Waals surface area contributed by atoms with Crippen molar-refractivity contribution in [2.75, 3.05) is 38.2 Å². The third-order valence-corrected chi connectivity index (χ3v) is 5.32. The molecular weight excluding hydrogens is 350 g/mol. The van der Waals surface area contributed by atoms with E-state index in [4.69, 9.17) is 4.74 Å². The molecule has 134 valence electrons. The van der Waals surface area contributed by atoms with E-state index in [1.54, 1.807) is 7.11 Å². The first-order valence-corrected chi connectivity index (χ1v) is 9.29. The fraction of sp³-hybridized carbons (Fsp3) is 0.333. The molecule has 1 aliphatic rings. The normalized spacial score (nSPS) is 14.7. The summed E-state index contributed by atoms with van der Waals surface area (Å²) in [5, 5.41) is 3.64. The number of methoxy groups -OCH3 is 1. The number of anilines is 1. The fourth-order valence-corrected chi connectivity index (χ4v) is 3.76. The van der Waals surface area contributed by atoms with E-state index in [0.717, 1.165) is 34.7 Å². The second-order valence-electron chi connectivity index (χ2n) is 6.12. The number of hydrogen-bond acceptors (Lipinski definition) is 7. The predicted molar refractivity (Wildman–Crippen MR) is 101 cm³/mol. The van der Waals surface area contributed by atoms with E-state index in [1.165, 1.54) is 17.7 Å². The quantitative estimate of drug-likeness (QED) is 0.706. The Morgan fingerprint density at radius 1 is 1.19 bits per heavy atom. The molecule has 0 spiro atoms. The molecule has 1 aliphatic heterocycles. The average molecular weight is 369 g/mol. The van der Waals surface area contributed by atoms with Gasteiger partial charge in [0, 0.05) is 37.2 Å². The lowest BCUT2D eigenvalue weighted by Gasteiger charge is -2.36. The maximum Gasteiger partial charge on any atom is 0.273 e. The van der Waals surface area contributed by atoms with Gasteiger partial charge in [0.25, 0.3) is 5.91 Å². The zero-order valence-corrected chi connectivity index (χ0v) is 15.5. The van der Waals surface area contributed by atoms with Gasteiger partial charge >= 0.3 is 0 Å². The van der Waals surface area contributed by atoms with Crippen LogP contribution in [0.1, 0.15) is 15.5 Å². The number of benzene rings is 1. The number of thiazole rings is 1. The van der Waals surface area contributed by atoms with Crippen molar-refractivity contribution < 1.29 is 9.53 Å². The summed E-state index contributed by atoms with van der Waals surface area (Å²) in [4.78, 5) is 29.4. The Kier molecular flexibility index (Phi) is 4.42. The van der Waals surface area contributed by atoms with Crippen LogP contribution in [0, 0.1) is 6.92 Å². The highest BCUT2D eigenvalue weighted by atomic mass is 32.1. The molecule has 1 fully saturated rings. The van der Waals surface area contributed by atoms with Gasteiger partial charge in [0.1, 0.15) is 12.0 Å². The lowest BCUT2D eigenvalue weighted by molar-refractivity contribution is 0.0741. The van der Waals surface area contributed by atoms with Crippen LogP contribution in [0.15, 0.2) is 29.9 Å². The second-order valence-corrected chi connectivity index (χ2v) is 7.18. The largest absolute Gasteiger partial charge is 0.480 e. The molecule has 0 atom stereocenters. The number of fused-ring (bicyclic) bond motifs is 1. The van der Waals surface area contributed by atoms with Crippen LogP contribution in [0.4, 0.5) is 5.69 Å². The molecule has 1 amide bonds. The van der Waals surface area contributed by atoms with E-state index in [-0.39, 0.29) is 5.91 Å². The zero-order valence-electron chi connectivity index (χ0n) is 14.7. The lowest BCUT2D eigenvalue weighted by atomic mass is 10.2. The molecule has 3 heterocycles. The highest BCUT2D eigenvalue weighted by molar-refractivity contribution is 7.09. The Balaban J connectivity index is 1.49. The number of ether oxygens (including phenoxy) is 1.